The molecule has 0 aliphatic heterocycles. The van der Waals surface area contributed by atoms with Gasteiger partial charge in [0.2, 0.25) is 0 Å². The van der Waals surface area contributed by atoms with Gasteiger partial charge in [-0.05, 0) is 24.1 Å². The molecule has 148 valence electrons. The summed E-state index contributed by atoms with van der Waals surface area (Å²) in [5, 5.41) is 0.388. The third-order valence-electron chi connectivity index (χ3n) is 4.01. The number of benzene rings is 1. The molecule has 0 amide bonds. The van der Waals surface area contributed by atoms with Gasteiger partial charge in [-0.1, -0.05) is 30.8 Å². The fourth-order valence-electron chi connectivity index (χ4n) is 2.62. The zero-order valence-electron chi connectivity index (χ0n) is 15.4. The normalized spacial score (nSPS) is 11.1. The SMILES string of the molecule is CCCOC(=O)CSc1nc2c(c(=O)[nH]c(=O)n2C)n1Cc1ccc(F)cc1. The average molecular weight is 406 g/mol. The van der Waals surface area contributed by atoms with E-state index in [-0.39, 0.29) is 29.3 Å². The lowest BCUT2D eigenvalue weighted by atomic mass is 10.2. The van der Waals surface area contributed by atoms with E-state index in [0.29, 0.717) is 11.8 Å². The first-order valence-electron chi connectivity index (χ1n) is 8.63. The van der Waals surface area contributed by atoms with Crippen molar-refractivity contribution in [2.24, 2.45) is 7.05 Å². The summed E-state index contributed by atoms with van der Waals surface area (Å²) in [6.07, 6.45) is 0.719. The summed E-state index contributed by atoms with van der Waals surface area (Å²) in [7, 11) is 1.50. The summed E-state index contributed by atoms with van der Waals surface area (Å²) < 4.78 is 21.1. The summed E-state index contributed by atoms with van der Waals surface area (Å²) >= 11 is 1.11. The van der Waals surface area contributed by atoms with Crippen molar-refractivity contribution in [3.8, 4) is 0 Å². The molecule has 0 fully saturated rings. The van der Waals surface area contributed by atoms with Crippen molar-refractivity contribution in [2.45, 2.75) is 25.0 Å². The number of halogens is 1. The van der Waals surface area contributed by atoms with Gasteiger partial charge in [-0.15, -0.1) is 0 Å². The molecule has 0 radical (unpaired) electrons. The Bertz CT molecular complexity index is 1120. The second-order valence-electron chi connectivity index (χ2n) is 6.11. The molecule has 2 heterocycles. The molecule has 3 aromatic rings. The van der Waals surface area contributed by atoms with Crippen LogP contribution in [0.1, 0.15) is 18.9 Å². The fraction of sp³-hybridized carbons (Fsp3) is 0.333. The molecule has 1 aromatic carbocycles. The van der Waals surface area contributed by atoms with Gasteiger partial charge in [-0.25, -0.2) is 14.2 Å². The minimum absolute atomic E-state index is 0.0125. The maximum atomic E-state index is 13.2. The summed E-state index contributed by atoms with van der Waals surface area (Å²) in [5.74, 6) is -0.749. The van der Waals surface area contributed by atoms with Crippen LogP contribution in [0.5, 0.6) is 0 Å². The summed E-state index contributed by atoms with van der Waals surface area (Å²) in [6, 6.07) is 5.84. The van der Waals surface area contributed by atoms with E-state index in [2.05, 4.69) is 9.97 Å². The lowest BCUT2D eigenvalue weighted by Gasteiger charge is -2.09. The molecule has 0 unspecified atom stereocenters. The zero-order valence-corrected chi connectivity index (χ0v) is 16.2. The minimum atomic E-state index is -0.581. The van der Waals surface area contributed by atoms with Crippen molar-refractivity contribution in [3.05, 3.63) is 56.5 Å². The van der Waals surface area contributed by atoms with E-state index in [4.69, 9.17) is 4.74 Å². The average Bonchev–Trinajstić information content (AvgIpc) is 3.03. The number of esters is 1. The number of nitrogens with one attached hydrogen (secondary N) is 1. The van der Waals surface area contributed by atoms with E-state index < -0.39 is 17.2 Å². The predicted molar refractivity (Wildman–Crippen MR) is 103 cm³/mol. The highest BCUT2D eigenvalue weighted by atomic mass is 32.2. The number of fused-ring (bicyclic) bond motifs is 1. The Morgan fingerprint density at radius 1 is 1.29 bits per heavy atom. The molecule has 0 aliphatic carbocycles. The molecule has 8 nitrogen and oxygen atoms in total. The molecule has 2 aromatic heterocycles. The number of aryl methyl sites for hydroxylation is 1. The molecule has 10 heteroatoms. The molecular formula is C18H19FN4O4S. The quantitative estimate of drug-likeness (QED) is 0.473. The van der Waals surface area contributed by atoms with Crippen LogP contribution in [0.3, 0.4) is 0 Å². The molecule has 1 N–H and O–H groups in total. The fourth-order valence-corrected chi connectivity index (χ4v) is 3.42. The Morgan fingerprint density at radius 3 is 2.68 bits per heavy atom. The van der Waals surface area contributed by atoms with Gasteiger partial charge in [0.25, 0.3) is 5.56 Å². The number of rotatable bonds is 7. The number of carbonyl (C=O) groups excluding carboxylic acids is 1. The first-order valence-corrected chi connectivity index (χ1v) is 9.61. The molecular weight excluding hydrogens is 387 g/mol. The van der Waals surface area contributed by atoms with Gasteiger partial charge >= 0.3 is 11.7 Å². The molecule has 0 saturated carbocycles. The molecule has 0 bridgehead atoms. The number of H-pyrrole nitrogens is 1. The number of hydrogen-bond acceptors (Lipinski definition) is 6. The van der Waals surface area contributed by atoms with Crippen molar-refractivity contribution in [1.82, 2.24) is 19.1 Å². The Balaban J connectivity index is 2.03. The third-order valence-corrected chi connectivity index (χ3v) is 4.96. The molecule has 0 aliphatic rings. The van der Waals surface area contributed by atoms with E-state index in [9.17, 15) is 18.8 Å². The van der Waals surface area contributed by atoms with Gasteiger partial charge in [0.15, 0.2) is 16.3 Å². The third kappa shape index (κ3) is 4.16. The van der Waals surface area contributed by atoms with Gasteiger partial charge in [-0.2, -0.15) is 0 Å². The number of nitrogens with zero attached hydrogens (tertiary/aromatic N) is 3. The van der Waals surface area contributed by atoms with Crippen LogP contribution in [-0.4, -0.2) is 37.4 Å². The van der Waals surface area contributed by atoms with Gasteiger partial charge in [0, 0.05) is 7.05 Å². The summed E-state index contributed by atoms with van der Waals surface area (Å²) in [5.41, 5.74) is -0.00328. The van der Waals surface area contributed by atoms with E-state index >= 15 is 0 Å². The second-order valence-corrected chi connectivity index (χ2v) is 7.05. The summed E-state index contributed by atoms with van der Waals surface area (Å²) in [6.45, 7) is 2.46. The molecule has 3 rings (SSSR count). The van der Waals surface area contributed by atoms with Gasteiger partial charge < -0.3 is 9.30 Å². The number of imidazole rings is 1. The maximum absolute atomic E-state index is 13.2. The van der Waals surface area contributed by atoms with Crippen LogP contribution in [0.4, 0.5) is 4.39 Å². The molecule has 0 atom stereocenters. The van der Waals surface area contributed by atoms with Gasteiger partial charge in [0.05, 0.1) is 18.9 Å². The van der Waals surface area contributed by atoms with E-state index in [0.717, 1.165) is 23.7 Å². The summed E-state index contributed by atoms with van der Waals surface area (Å²) in [4.78, 5) is 42.8. The van der Waals surface area contributed by atoms with E-state index in [1.807, 2.05) is 6.92 Å². The maximum Gasteiger partial charge on any atom is 0.329 e. The zero-order chi connectivity index (χ0) is 20.3. The number of aromatic amines is 1. The number of aromatic nitrogens is 4. The monoisotopic (exact) mass is 406 g/mol. The Kier molecular flexibility index (Phi) is 5.98. The highest BCUT2D eigenvalue weighted by Gasteiger charge is 2.19. The lowest BCUT2D eigenvalue weighted by Crippen LogP contribution is -2.29. The van der Waals surface area contributed by atoms with Crippen molar-refractivity contribution < 1.29 is 13.9 Å². The van der Waals surface area contributed by atoms with Gasteiger partial charge in [-0.3, -0.25) is 19.1 Å². The Morgan fingerprint density at radius 2 is 2.00 bits per heavy atom. The van der Waals surface area contributed by atoms with Crippen molar-refractivity contribution >= 4 is 28.9 Å². The van der Waals surface area contributed by atoms with E-state index in [1.165, 1.54) is 23.7 Å². The van der Waals surface area contributed by atoms with Crippen molar-refractivity contribution in [1.29, 1.82) is 0 Å². The Hall–Kier alpha value is -2.88. The predicted octanol–water partition coefficient (Wildman–Crippen LogP) is 1.66. The highest BCUT2D eigenvalue weighted by Crippen LogP contribution is 2.23. The molecule has 28 heavy (non-hydrogen) atoms. The first-order chi connectivity index (χ1) is 13.4. The number of ether oxygens (including phenoxy) is 1. The van der Waals surface area contributed by atoms with Crippen LogP contribution in [0, 0.1) is 5.82 Å². The molecule has 0 spiro atoms. The van der Waals surface area contributed by atoms with Crippen molar-refractivity contribution in [3.63, 3.8) is 0 Å². The molecule has 0 saturated heterocycles. The number of carbonyl (C=O) groups is 1. The number of hydrogen-bond donors (Lipinski definition) is 1. The van der Waals surface area contributed by atoms with Gasteiger partial charge in [0.1, 0.15) is 5.82 Å². The number of thioether (sulfide) groups is 1. The van der Waals surface area contributed by atoms with Crippen LogP contribution in [0.25, 0.3) is 11.2 Å². The second kappa shape index (κ2) is 8.42. The van der Waals surface area contributed by atoms with Crippen LogP contribution < -0.4 is 11.2 Å². The largest absolute Gasteiger partial charge is 0.465 e. The first kappa shape index (κ1) is 19.9. The van der Waals surface area contributed by atoms with Crippen molar-refractivity contribution in [2.75, 3.05) is 12.4 Å². The van der Waals surface area contributed by atoms with Crippen LogP contribution in [0.2, 0.25) is 0 Å². The topological polar surface area (TPSA) is 99.0 Å². The Labute approximate surface area is 163 Å². The standard InChI is InChI=1S/C18H19FN4O4S/c1-3-8-27-13(24)10-28-18-20-15-14(16(25)21-17(26)22(15)2)23(18)9-11-4-6-12(19)7-5-11/h4-7H,3,8-10H2,1-2H3,(H,21,25,26). The minimum Gasteiger partial charge on any atom is -0.465 e. The lowest BCUT2D eigenvalue weighted by molar-refractivity contribution is -0.140. The van der Waals surface area contributed by atoms with Crippen LogP contribution in [0.15, 0.2) is 39.0 Å². The van der Waals surface area contributed by atoms with Crippen LogP contribution >= 0.6 is 11.8 Å². The smallest absolute Gasteiger partial charge is 0.329 e. The van der Waals surface area contributed by atoms with E-state index in [1.54, 1.807) is 16.7 Å². The van der Waals surface area contributed by atoms with Crippen LogP contribution in [-0.2, 0) is 23.1 Å². The highest BCUT2D eigenvalue weighted by molar-refractivity contribution is 7.99.